The number of aromatic nitrogens is 2. The fraction of sp³-hybridized carbons (Fsp3) is 0.174. The SMILES string of the molecule is COc1ncc(C=CCNC(=O)OCC2c3ccccc3-c3ccccc32)cn1. The van der Waals surface area contributed by atoms with Crippen molar-refractivity contribution in [2.45, 2.75) is 5.92 Å². The van der Waals surface area contributed by atoms with Crippen LogP contribution in [0.1, 0.15) is 22.6 Å². The number of benzene rings is 2. The summed E-state index contributed by atoms with van der Waals surface area (Å²) >= 11 is 0. The van der Waals surface area contributed by atoms with Gasteiger partial charge in [-0.3, -0.25) is 0 Å². The van der Waals surface area contributed by atoms with Crippen LogP contribution in [-0.2, 0) is 4.74 Å². The standard InChI is InChI=1S/C23H21N3O3/c1-28-22-25-13-16(14-26-22)7-6-12-24-23(27)29-15-21-19-10-4-2-8-17(19)18-9-3-5-11-20(18)21/h2-11,13-14,21H,12,15H2,1H3,(H,24,27). The number of rotatable bonds is 6. The summed E-state index contributed by atoms with van der Waals surface area (Å²) < 4.78 is 10.4. The number of fused-ring (bicyclic) bond motifs is 3. The van der Waals surface area contributed by atoms with E-state index in [1.807, 2.05) is 36.4 Å². The first-order chi connectivity index (χ1) is 14.3. The van der Waals surface area contributed by atoms with E-state index in [1.54, 1.807) is 12.4 Å². The smallest absolute Gasteiger partial charge is 0.407 e. The van der Waals surface area contributed by atoms with Crippen molar-refractivity contribution in [3.8, 4) is 17.1 Å². The molecule has 0 saturated carbocycles. The number of amides is 1. The molecule has 0 radical (unpaired) electrons. The van der Waals surface area contributed by atoms with Crippen LogP contribution in [0.25, 0.3) is 17.2 Å². The molecule has 6 heteroatoms. The van der Waals surface area contributed by atoms with Crippen molar-refractivity contribution in [3.63, 3.8) is 0 Å². The lowest BCUT2D eigenvalue weighted by Crippen LogP contribution is -2.26. The molecular weight excluding hydrogens is 366 g/mol. The highest BCUT2D eigenvalue weighted by Gasteiger charge is 2.28. The monoisotopic (exact) mass is 387 g/mol. The van der Waals surface area contributed by atoms with E-state index < -0.39 is 6.09 Å². The van der Waals surface area contributed by atoms with Gasteiger partial charge in [0.15, 0.2) is 0 Å². The van der Waals surface area contributed by atoms with Gasteiger partial charge in [0, 0.05) is 30.4 Å². The Hall–Kier alpha value is -3.67. The van der Waals surface area contributed by atoms with Gasteiger partial charge in [-0.2, -0.15) is 0 Å². The molecular formula is C23H21N3O3. The van der Waals surface area contributed by atoms with E-state index >= 15 is 0 Å². The van der Waals surface area contributed by atoms with Gasteiger partial charge < -0.3 is 14.8 Å². The van der Waals surface area contributed by atoms with E-state index in [2.05, 4.69) is 39.6 Å². The van der Waals surface area contributed by atoms with E-state index in [9.17, 15) is 4.79 Å². The number of carbonyl (C=O) groups is 1. The molecule has 0 fully saturated rings. The Morgan fingerprint density at radius 2 is 1.66 bits per heavy atom. The number of hydrogen-bond acceptors (Lipinski definition) is 5. The van der Waals surface area contributed by atoms with Crippen molar-refractivity contribution >= 4 is 12.2 Å². The van der Waals surface area contributed by atoms with Crippen LogP contribution in [0.2, 0.25) is 0 Å². The van der Waals surface area contributed by atoms with Crippen LogP contribution < -0.4 is 10.1 Å². The number of methoxy groups -OCH3 is 1. The molecule has 2 aromatic carbocycles. The van der Waals surface area contributed by atoms with E-state index in [0.29, 0.717) is 19.2 Å². The Morgan fingerprint density at radius 3 is 2.28 bits per heavy atom. The summed E-state index contributed by atoms with van der Waals surface area (Å²) in [7, 11) is 1.52. The highest BCUT2D eigenvalue weighted by atomic mass is 16.5. The first kappa shape index (κ1) is 18.7. The largest absolute Gasteiger partial charge is 0.467 e. The lowest BCUT2D eigenvalue weighted by Gasteiger charge is -2.14. The molecule has 29 heavy (non-hydrogen) atoms. The first-order valence-corrected chi connectivity index (χ1v) is 9.37. The zero-order valence-electron chi connectivity index (χ0n) is 16.0. The number of alkyl carbamates (subject to hydrolysis) is 1. The zero-order chi connectivity index (χ0) is 20.1. The molecule has 0 atom stereocenters. The third-order valence-electron chi connectivity index (χ3n) is 4.85. The van der Waals surface area contributed by atoms with Gasteiger partial charge >= 0.3 is 12.1 Å². The maximum atomic E-state index is 12.1. The summed E-state index contributed by atoms with van der Waals surface area (Å²) in [5.74, 6) is 0.0557. The minimum atomic E-state index is -0.442. The predicted octanol–water partition coefficient (Wildman–Crippen LogP) is 4.04. The Bertz CT molecular complexity index is 986. The van der Waals surface area contributed by atoms with Crippen LogP contribution in [-0.4, -0.2) is 36.3 Å². The van der Waals surface area contributed by atoms with Gasteiger partial charge in [-0.25, -0.2) is 14.8 Å². The maximum Gasteiger partial charge on any atom is 0.407 e. The van der Waals surface area contributed by atoms with Crippen LogP contribution in [0.4, 0.5) is 4.79 Å². The molecule has 3 aromatic rings. The van der Waals surface area contributed by atoms with Gasteiger partial charge in [0.2, 0.25) is 0 Å². The number of carbonyl (C=O) groups excluding carboxylic acids is 1. The van der Waals surface area contributed by atoms with Gasteiger partial charge in [0.25, 0.3) is 0 Å². The van der Waals surface area contributed by atoms with Crippen LogP contribution >= 0.6 is 0 Å². The number of nitrogens with zero attached hydrogens (tertiary/aromatic N) is 2. The third-order valence-corrected chi connectivity index (χ3v) is 4.85. The van der Waals surface area contributed by atoms with Gasteiger partial charge in [-0.1, -0.05) is 60.7 Å². The summed E-state index contributed by atoms with van der Waals surface area (Å²) in [6.07, 6.45) is 6.49. The van der Waals surface area contributed by atoms with Crippen LogP contribution in [0, 0.1) is 0 Å². The lowest BCUT2D eigenvalue weighted by molar-refractivity contribution is 0.144. The van der Waals surface area contributed by atoms with Gasteiger partial charge in [-0.05, 0) is 22.3 Å². The summed E-state index contributed by atoms with van der Waals surface area (Å²) in [6.45, 7) is 0.651. The molecule has 6 nitrogen and oxygen atoms in total. The molecule has 146 valence electrons. The van der Waals surface area contributed by atoms with Crippen molar-refractivity contribution in [2.24, 2.45) is 0 Å². The zero-order valence-corrected chi connectivity index (χ0v) is 16.0. The van der Waals surface area contributed by atoms with Crippen molar-refractivity contribution < 1.29 is 14.3 Å². The van der Waals surface area contributed by atoms with Crippen molar-refractivity contribution in [3.05, 3.63) is 83.7 Å². The molecule has 0 bridgehead atoms. The molecule has 1 amide bonds. The van der Waals surface area contributed by atoms with Crippen LogP contribution in [0.3, 0.4) is 0 Å². The fourth-order valence-electron chi connectivity index (χ4n) is 3.50. The first-order valence-electron chi connectivity index (χ1n) is 9.37. The normalized spacial score (nSPS) is 12.4. The molecule has 1 aliphatic rings. The number of nitrogens with one attached hydrogen (secondary N) is 1. The summed E-state index contributed by atoms with van der Waals surface area (Å²) in [4.78, 5) is 20.2. The Kier molecular flexibility index (Phi) is 5.52. The topological polar surface area (TPSA) is 73.3 Å². The maximum absolute atomic E-state index is 12.1. The van der Waals surface area contributed by atoms with E-state index in [0.717, 1.165) is 5.56 Å². The molecule has 1 aromatic heterocycles. The molecule has 1 N–H and O–H groups in total. The van der Waals surface area contributed by atoms with Gasteiger partial charge in [0.1, 0.15) is 6.61 Å². The van der Waals surface area contributed by atoms with Crippen molar-refractivity contribution in [1.82, 2.24) is 15.3 Å². The van der Waals surface area contributed by atoms with Crippen molar-refractivity contribution in [2.75, 3.05) is 20.3 Å². The predicted molar refractivity (Wildman–Crippen MR) is 111 cm³/mol. The molecule has 0 spiro atoms. The van der Waals surface area contributed by atoms with Crippen LogP contribution in [0.5, 0.6) is 6.01 Å². The minimum Gasteiger partial charge on any atom is -0.467 e. The number of hydrogen-bond donors (Lipinski definition) is 1. The second kappa shape index (κ2) is 8.56. The van der Waals surface area contributed by atoms with Crippen LogP contribution in [0.15, 0.2) is 67.0 Å². The Morgan fingerprint density at radius 1 is 1.03 bits per heavy atom. The minimum absolute atomic E-state index is 0.0557. The molecule has 0 unspecified atom stereocenters. The highest BCUT2D eigenvalue weighted by molar-refractivity contribution is 5.79. The third kappa shape index (κ3) is 4.11. The van der Waals surface area contributed by atoms with Gasteiger partial charge in [-0.15, -0.1) is 0 Å². The molecule has 0 aliphatic heterocycles. The second-order valence-electron chi connectivity index (χ2n) is 6.61. The summed E-state index contributed by atoms with van der Waals surface area (Å²) in [5, 5.41) is 2.73. The lowest BCUT2D eigenvalue weighted by atomic mass is 9.98. The molecule has 1 aliphatic carbocycles. The highest BCUT2D eigenvalue weighted by Crippen LogP contribution is 2.44. The van der Waals surface area contributed by atoms with E-state index in [4.69, 9.17) is 9.47 Å². The average Bonchev–Trinajstić information content (AvgIpc) is 3.09. The summed E-state index contributed by atoms with van der Waals surface area (Å²) in [6, 6.07) is 16.8. The van der Waals surface area contributed by atoms with Crippen molar-refractivity contribution in [1.29, 1.82) is 0 Å². The quantitative estimate of drug-likeness (QED) is 0.691. The van der Waals surface area contributed by atoms with E-state index in [1.165, 1.54) is 29.4 Å². The number of ether oxygens (including phenoxy) is 2. The van der Waals surface area contributed by atoms with Gasteiger partial charge in [0.05, 0.1) is 7.11 Å². The molecule has 4 rings (SSSR count). The summed E-state index contributed by atoms with van der Waals surface area (Å²) in [5.41, 5.74) is 5.63. The second-order valence-corrected chi connectivity index (χ2v) is 6.61. The Balaban J connectivity index is 1.31. The van der Waals surface area contributed by atoms with E-state index in [-0.39, 0.29) is 5.92 Å². The fourth-order valence-corrected chi connectivity index (χ4v) is 3.50. The Labute approximate surface area is 169 Å². The molecule has 0 saturated heterocycles. The average molecular weight is 387 g/mol. The molecule has 1 heterocycles.